The molecule has 2 heteroatoms. The molecule has 0 spiro atoms. The van der Waals surface area contributed by atoms with Crippen molar-refractivity contribution >= 4 is 5.69 Å². The third-order valence-electron chi connectivity index (χ3n) is 3.44. The van der Waals surface area contributed by atoms with Crippen molar-refractivity contribution in [3.05, 3.63) is 59.2 Å². The fourth-order valence-corrected chi connectivity index (χ4v) is 2.46. The van der Waals surface area contributed by atoms with Crippen LogP contribution in [0.4, 0.5) is 5.69 Å². The second-order valence-electron chi connectivity index (χ2n) is 4.97. The normalized spacial score (nSPS) is 17.3. The molecule has 1 heterocycles. The van der Waals surface area contributed by atoms with E-state index in [1.807, 2.05) is 12.1 Å². The second-order valence-corrected chi connectivity index (χ2v) is 4.97. The Bertz CT molecular complexity index is 560. The summed E-state index contributed by atoms with van der Waals surface area (Å²) in [5.74, 6) is 0.884. The number of aryl methyl sites for hydroxylation is 1. The molecule has 0 fully saturated rings. The lowest BCUT2D eigenvalue weighted by atomic mass is 10.0. The van der Waals surface area contributed by atoms with Gasteiger partial charge in [0.2, 0.25) is 0 Å². The predicted molar refractivity (Wildman–Crippen MR) is 73.9 cm³/mol. The maximum Gasteiger partial charge on any atom is 0.145 e. The van der Waals surface area contributed by atoms with Gasteiger partial charge in [-0.3, -0.25) is 0 Å². The Kier molecular flexibility index (Phi) is 2.71. The van der Waals surface area contributed by atoms with Crippen LogP contribution in [0.5, 0.6) is 5.75 Å². The molecular weight excluding hydrogens is 222 g/mol. The van der Waals surface area contributed by atoms with E-state index in [2.05, 4.69) is 37.3 Å². The highest BCUT2D eigenvalue weighted by molar-refractivity contribution is 5.58. The van der Waals surface area contributed by atoms with E-state index in [1.54, 1.807) is 0 Å². The van der Waals surface area contributed by atoms with Gasteiger partial charge in [-0.05, 0) is 24.1 Å². The van der Waals surface area contributed by atoms with Crippen LogP contribution >= 0.6 is 0 Å². The molecule has 0 aromatic heterocycles. The number of para-hydroxylation sites is 1. The van der Waals surface area contributed by atoms with Gasteiger partial charge in [-0.1, -0.05) is 42.0 Å². The maximum absolute atomic E-state index is 5.95. The topological polar surface area (TPSA) is 35.2 Å². The summed E-state index contributed by atoms with van der Waals surface area (Å²) >= 11 is 0. The van der Waals surface area contributed by atoms with E-state index < -0.39 is 0 Å². The lowest BCUT2D eigenvalue weighted by Crippen LogP contribution is -2.16. The average Bonchev–Trinajstić information content (AvgIpc) is 2.76. The lowest BCUT2D eigenvalue weighted by Gasteiger charge is -2.11. The molecule has 0 aliphatic carbocycles. The maximum atomic E-state index is 5.95. The van der Waals surface area contributed by atoms with Crippen molar-refractivity contribution in [1.82, 2.24) is 0 Å². The first kappa shape index (κ1) is 11.1. The van der Waals surface area contributed by atoms with Gasteiger partial charge in [0.1, 0.15) is 11.9 Å². The van der Waals surface area contributed by atoms with Gasteiger partial charge in [0.25, 0.3) is 0 Å². The molecule has 2 N–H and O–H groups in total. The second kappa shape index (κ2) is 4.37. The van der Waals surface area contributed by atoms with Crippen molar-refractivity contribution in [1.29, 1.82) is 0 Å². The quantitative estimate of drug-likeness (QED) is 0.817. The van der Waals surface area contributed by atoms with Crippen LogP contribution in [0.3, 0.4) is 0 Å². The first-order valence-electron chi connectivity index (χ1n) is 6.32. The fourth-order valence-electron chi connectivity index (χ4n) is 2.46. The van der Waals surface area contributed by atoms with Crippen molar-refractivity contribution < 1.29 is 4.74 Å². The van der Waals surface area contributed by atoms with Gasteiger partial charge in [0, 0.05) is 12.8 Å². The molecule has 0 saturated carbocycles. The van der Waals surface area contributed by atoms with Crippen LogP contribution in [0.25, 0.3) is 0 Å². The van der Waals surface area contributed by atoms with E-state index in [9.17, 15) is 0 Å². The van der Waals surface area contributed by atoms with E-state index in [0.29, 0.717) is 0 Å². The van der Waals surface area contributed by atoms with Gasteiger partial charge >= 0.3 is 0 Å². The molecule has 2 aromatic rings. The van der Waals surface area contributed by atoms with Crippen LogP contribution in [-0.2, 0) is 12.8 Å². The Morgan fingerprint density at radius 1 is 1.17 bits per heavy atom. The molecule has 1 atom stereocenters. The van der Waals surface area contributed by atoms with Crippen molar-refractivity contribution in [3.8, 4) is 5.75 Å². The first-order valence-corrected chi connectivity index (χ1v) is 6.32. The minimum Gasteiger partial charge on any atom is -0.487 e. The van der Waals surface area contributed by atoms with Crippen molar-refractivity contribution in [2.75, 3.05) is 5.73 Å². The standard InChI is InChI=1S/C16H17NO/c1-11-5-7-12(8-6-11)9-14-10-13-3-2-4-15(17)16(13)18-14/h2-8,14H,9-10,17H2,1H3. The van der Waals surface area contributed by atoms with Gasteiger partial charge in [0.05, 0.1) is 5.69 Å². The molecule has 18 heavy (non-hydrogen) atoms. The van der Waals surface area contributed by atoms with E-state index >= 15 is 0 Å². The highest BCUT2D eigenvalue weighted by Crippen LogP contribution is 2.35. The Labute approximate surface area is 107 Å². The Morgan fingerprint density at radius 3 is 2.67 bits per heavy atom. The van der Waals surface area contributed by atoms with Crippen LogP contribution in [0.15, 0.2) is 42.5 Å². The number of anilines is 1. The number of nitrogens with two attached hydrogens (primary N) is 1. The molecule has 2 aromatic carbocycles. The third kappa shape index (κ3) is 2.06. The molecule has 1 unspecified atom stereocenters. The Balaban J connectivity index is 1.75. The summed E-state index contributed by atoms with van der Waals surface area (Å²) in [5.41, 5.74) is 10.5. The fraction of sp³-hybridized carbons (Fsp3) is 0.250. The van der Waals surface area contributed by atoms with Gasteiger partial charge in [0.15, 0.2) is 0 Å². The molecular formula is C16H17NO. The number of hydrogen-bond donors (Lipinski definition) is 1. The molecule has 0 saturated heterocycles. The number of fused-ring (bicyclic) bond motifs is 1. The monoisotopic (exact) mass is 239 g/mol. The van der Waals surface area contributed by atoms with Crippen LogP contribution in [0.2, 0.25) is 0 Å². The minimum absolute atomic E-state index is 0.215. The molecule has 2 nitrogen and oxygen atoms in total. The van der Waals surface area contributed by atoms with Gasteiger partial charge in [-0.15, -0.1) is 0 Å². The SMILES string of the molecule is Cc1ccc(CC2Cc3cccc(N)c3O2)cc1. The first-order chi connectivity index (χ1) is 8.72. The van der Waals surface area contributed by atoms with Crippen LogP contribution in [0.1, 0.15) is 16.7 Å². The molecule has 1 aliphatic heterocycles. The zero-order valence-electron chi connectivity index (χ0n) is 10.5. The summed E-state index contributed by atoms with van der Waals surface area (Å²) in [6.45, 7) is 2.10. The molecule has 3 rings (SSSR count). The Hall–Kier alpha value is -1.96. The summed E-state index contributed by atoms with van der Waals surface area (Å²) in [4.78, 5) is 0. The average molecular weight is 239 g/mol. The number of benzene rings is 2. The van der Waals surface area contributed by atoms with Crippen LogP contribution < -0.4 is 10.5 Å². The number of rotatable bonds is 2. The molecule has 0 bridgehead atoms. The smallest absolute Gasteiger partial charge is 0.145 e. The van der Waals surface area contributed by atoms with E-state index in [1.165, 1.54) is 16.7 Å². The predicted octanol–water partition coefficient (Wildman–Crippen LogP) is 3.12. The number of ether oxygens (including phenoxy) is 1. The van der Waals surface area contributed by atoms with Gasteiger partial charge in [-0.25, -0.2) is 0 Å². The number of nitrogen functional groups attached to an aromatic ring is 1. The van der Waals surface area contributed by atoms with Crippen LogP contribution in [0, 0.1) is 6.92 Å². The summed E-state index contributed by atoms with van der Waals surface area (Å²) in [5, 5.41) is 0. The summed E-state index contributed by atoms with van der Waals surface area (Å²) < 4.78 is 5.95. The third-order valence-corrected chi connectivity index (χ3v) is 3.44. The van der Waals surface area contributed by atoms with E-state index in [-0.39, 0.29) is 6.10 Å². The molecule has 0 radical (unpaired) electrons. The Morgan fingerprint density at radius 2 is 1.94 bits per heavy atom. The number of hydrogen-bond acceptors (Lipinski definition) is 2. The van der Waals surface area contributed by atoms with E-state index in [0.717, 1.165) is 24.3 Å². The largest absolute Gasteiger partial charge is 0.487 e. The molecule has 92 valence electrons. The molecule has 1 aliphatic rings. The lowest BCUT2D eigenvalue weighted by molar-refractivity contribution is 0.234. The van der Waals surface area contributed by atoms with Gasteiger partial charge < -0.3 is 10.5 Å². The van der Waals surface area contributed by atoms with Crippen molar-refractivity contribution in [2.24, 2.45) is 0 Å². The zero-order chi connectivity index (χ0) is 12.5. The minimum atomic E-state index is 0.215. The van der Waals surface area contributed by atoms with Crippen molar-refractivity contribution in [3.63, 3.8) is 0 Å². The summed E-state index contributed by atoms with van der Waals surface area (Å²) in [6.07, 6.45) is 2.11. The highest BCUT2D eigenvalue weighted by Gasteiger charge is 2.24. The molecule has 0 amide bonds. The van der Waals surface area contributed by atoms with Gasteiger partial charge in [-0.2, -0.15) is 0 Å². The van der Waals surface area contributed by atoms with E-state index in [4.69, 9.17) is 10.5 Å². The summed E-state index contributed by atoms with van der Waals surface area (Å²) in [6, 6.07) is 14.6. The summed E-state index contributed by atoms with van der Waals surface area (Å²) in [7, 11) is 0. The van der Waals surface area contributed by atoms with Crippen molar-refractivity contribution in [2.45, 2.75) is 25.9 Å². The highest BCUT2D eigenvalue weighted by atomic mass is 16.5. The van der Waals surface area contributed by atoms with Crippen LogP contribution in [-0.4, -0.2) is 6.10 Å². The zero-order valence-corrected chi connectivity index (χ0v) is 10.5.